The van der Waals surface area contributed by atoms with Crippen LogP contribution in [0, 0.1) is 11.3 Å². The van der Waals surface area contributed by atoms with E-state index in [1.54, 1.807) is 0 Å². The molecule has 0 radical (unpaired) electrons. The molecular weight excluding hydrogens is 260 g/mol. The topological polar surface area (TPSA) is 114 Å². The Morgan fingerprint density at radius 3 is 3.00 bits per heavy atom. The van der Waals surface area contributed by atoms with Crippen molar-refractivity contribution in [3.05, 3.63) is 22.7 Å². The highest BCUT2D eigenvalue weighted by Crippen LogP contribution is 2.41. The first-order chi connectivity index (χ1) is 9.62. The molecule has 0 bridgehead atoms. The van der Waals surface area contributed by atoms with Crippen molar-refractivity contribution in [2.24, 2.45) is 5.73 Å². The number of methoxy groups -OCH3 is 1. The Balaban J connectivity index is 2.44. The maximum Gasteiger partial charge on any atom is 0.311 e. The first kappa shape index (κ1) is 13.9. The summed E-state index contributed by atoms with van der Waals surface area (Å²) in [7, 11) is 1.32. The minimum atomic E-state index is -0.382. The second-order valence-electron chi connectivity index (χ2n) is 4.51. The van der Waals surface area contributed by atoms with Gasteiger partial charge >= 0.3 is 5.97 Å². The summed E-state index contributed by atoms with van der Waals surface area (Å²) in [4.78, 5) is 11.4. The van der Waals surface area contributed by atoms with Gasteiger partial charge in [0.25, 0.3) is 0 Å². The van der Waals surface area contributed by atoms with Gasteiger partial charge < -0.3 is 15.2 Å². The van der Waals surface area contributed by atoms with Gasteiger partial charge in [-0.15, -0.1) is 5.10 Å². The maximum atomic E-state index is 11.4. The Bertz CT molecular complexity index is 597. The van der Waals surface area contributed by atoms with Crippen LogP contribution in [-0.2, 0) is 16.0 Å². The summed E-state index contributed by atoms with van der Waals surface area (Å²) >= 11 is 0. The fraction of sp³-hybridized carbons (Fsp3) is 0.462. The van der Waals surface area contributed by atoms with Crippen molar-refractivity contribution in [3.8, 4) is 11.9 Å². The first-order valence-corrected chi connectivity index (χ1v) is 6.33. The summed E-state index contributed by atoms with van der Waals surface area (Å²) < 4.78 is 10.0. The first-order valence-electron chi connectivity index (χ1n) is 6.33. The minimum absolute atomic E-state index is 0.0566. The number of ether oxygens (including phenoxy) is 2. The zero-order valence-corrected chi connectivity index (χ0v) is 11.4. The van der Waals surface area contributed by atoms with E-state index in [9.17, 15) is 10.1 Å². The largest absolute Gasteiger partial charge is 0.469 e. The minimum Gasteiger partial charge on any atom is -0.469 e. The SMILES string of the molecule is CCCC1C(C#N)=C(N)Oc2n[nH]c(CC(=O)OC)c21. The molecule has 0 saturated heterocycles. The van der Waals surface area contributed by atoms with E-state index in [0.717, 1.165) is 18.4 Å². The van der Waals surface area contributed by atoms with Crippen molar-refractivity contribution in [3.63, 3.8) is 0 Å². The van der Waals surface area contributed by atoms with Crippen LogP contribution in [0.3, 0.4) is 0 Å². The predicted molar refractivity (Wildman–Crippen MR) is 69.4 cm³/mol. The van der Waals surface area contributed by atoms with E-state index in [2.05, 4.69) is 21.0 Å². The molecule has 20 heavy (non-hydrogen) atoms. The summed E-state index contributed by atoms with van der Waals surface area (Å²) in [5.74, 6) is -0.173. The van der Waals surface area contributed by atoms with Crippen LogP contribution < -0.4 is 10.5 Å². The van der Waals surface area contributed by atoms with Crippen LogP contribution in [0.4, 0.5) is 0 Å². The average Bonchev–Trinajstić information content (AvgIpc) is 2.81. The van der Waals surface area contributed by atoms with Crippen LogP contribution in [0.2, 0.25) is 0 Å². The van der Waals surface area contributed by atoms with Gasteiger partial charge in [0.1, 0.15) is 6.07 Å². The number of rotatable bonds is 4. The molecule has 2 heterocycles. The average molecular weight is 276 g/mol. The summed E-state index contributed by atoms with van der Waals surface area (Å²) in [5, 5.41) is 16.0. The summed E-state index contributed by atoms with van der Waals surface area (Å²) in [6, 6.07) is 2.09. The molecule has 7 heteroatoms. The third kappa shape index (κ3) is 2.32. The number of nitrogens with zero attached hydrogens (tertiary/aromatic N) is 2. The molecule has 2 rings (SSSR count). The van der Waals surface area contributed by atoms with Gasteiger partial charge in [0.05, 0.1) is 24.8 Å². The van der Waals surface area contributed by atoms with Crippen LogP contribution in [-0.4, -0.2) is 23.3 Å². The molecule has 1 aromatic rings. The number of nitrogens with one attached hydrogen (secondary N) is 1. The van der Waals surface area contributed by atoms with Crippen molar-refractivity contribution in [1.82, 2.24) is 10.2 Å². The highest BCUT2D eigenvalue weighted by Gasteiger charge is 2.33. The van der Waals surface area contributed by atoms with E-state index in [1.165, 1.54) is 7.11 Å². The van der Waals surface area contributed by atoms with E-state index in [4.69, 9.17) is 10.5 Å². The number of esters is 1. The molecular formula is C13H16N4O3. The molecule has 1 aliphatic rings. The highest BCUT2D eigenvalue weighted by atomic mass is 16.5. The number of hydrogen-bond acceptors (Lipinski definition) is 6. The van der Waals surface area contributed by atoms with Crippen LogP contribution in [0.5, 0.6) is 5.88 Å². The standard InChI is InChI=1S/C13H16N4O3/c1-3-4-7-8(6-14)12(15)20-13-11(7)9(16-17-13)5-10(18)19-2/h7H,3-5,15H2,1-2H3,(H,16,17). The fourth-order valence-corrected chi connectivity index (χ4v) is 2.34. The summed E-state index contributed by atoms with van der Waals surface area (Å²) in [6.07, 6.45) is 1.65. The number of nitrogens with two attached hydrogens (primary N) is 1. The lowest BCUT2D eigenvalue weighted by atomic mass is 9.86. The van der Waals surface area contributed by atoms with E-state index in [-0.39, 0.29) is 24.2 Å². The quantitative estimate of drug-likeness (QED) is 0.796. The maximum absolute atomic E-state index is 11.4. The molecule has 1 aliphatic heterocycles. The number of allylic oxidation sites excluding steroid dienone is 1. The van der Waals surface area contributed by atoms with Gasteiger partial charge in [0.2, 0.25) is 11.8 Å². The molecule has 106 valence electrons. The van der Waals surface area contributed by atoms with Gasteiger partial charge in [0.15, 0.2) is 0 Å². The number of carbonyl (C=O) groups excluding carboxylic acids is 1. The third-order valence-corrected chi connectivity index (χ3v) is 3.26. The molecule has 0 saturated carbocycles. The molecule has 7 nitrogen and oxygen atoms in total. The number of nitriles is 1. The summed E-state index contributed by atoms with van der Waals surface area (Å²) in [5.41, 5.74) is 7.46. The molecule has 0 aliphatic carbocycles. The Morgan fingerprint density at radius 2 is 2.40 bits per heavy atom. The summed E-state index contributed by atoms with van der Waals surface area (Å²) in [6.45, 7) is 2.01. The van der Waals surface area contributed by atoms with Crippen molar-refractivity contribution in [2.75, 3.05) is 7.11 Å². The zero-order valence-electron chi connectivity index (χ0n) is 11.4. The lowest BCUT2D eigenvalue weighted by Crippen LogP contribution is -2.21. The highest BCUT2D eigenvalue weighted by molar-refractivity contribution is 5.73. The van der Waals surface area contributed by atoms with Crippen molar-refractivity contribution in [2.45, 2.75) is 32.1 Å². The van der Waals surface area contributed by atoms with Gasteiger partial charge in [-0.2, -0.15) is 5.26 Å². The van der Waals surface area contributed by atoms with E-state index < -0.39 is 0 Å². The number of aromatic amines is 1. The van der Waals surface area contributed by atoms with Gasteiger partial charge in [-0.05, 0) is 6.42 Å². The third-order valence-electron chi connectivity index (χ3n) is 3.26. The Hall–Kier alpha value is -2.49. The predicted octanol–water partition coefficient (Wildman–Crippen LogP) is 1.10. The molecule has 1 aromatic heterocycles. The van der Waals surface area contributed by atoms with Crippen molar-refractivity contribution >= 4 is 5.97 Å². The molecule has 0 aromatic carbocycles. The Labute approximate surface area is 116 Å². The van der Waals surface area contributed by atoms with Crippen LogP contribution in [0.15, 0.2) is 11.5 Å². The molecule has 1 unspecified atom stereocenters. The van der Waals surface area contributed by atoms with E-state index in [0.29, 0.717) is 17.1 Å². The number of aromatic nitrogens is 2. The monoisotopic (exact) mass is 276 g/mol. The smallest absolute Gasteiger partial charge is 0.311 e. The van der Waals surface area contributed by atoms with Gasteiger partial charge in [-0.1, -0.05) is 13.3 Å². The number of fused-ring (bicyclic) bond motifs is 1. The van der Waals surface area contributed by atoms with E-state index in [1.807, 2.05) is 6.92 Å². The molecule has 0 amide bonds. The fourth-order valence-electron chi connectivity index (χ4n) is 2.34. The van der Waals surface area contributed by atoms with E-state index >= 15 is 0 Å². The normalized spacial score (nSPS) is 17.1. The van der Waals surface area contributed by atoms with Crippen molar-refractivity contribution < 1.29 is 14.3 Å². The van der Waals surface area contributed by atoms with Crippen LogP contribution in [0.25, 0.3) is 0 Å². The van der Waals surface area contributed by atoms with Gasteiger partial charge in [-0.25, -0.2) is 0 Å². The Kier molecular flexibility index (Phi) is 3.94. The van der Waals surface area contributed by atoms with Crippen molar-refractivity contribution in [1.29, 1.82) is 5.26 Å². The molecule has 0 fully saturated rings. The zero-order chi connectivity index (χ0) is 14.7. The number of carbonyl (C=O) groups is 1. The lowest BCUT2D eigenvalue weighted by molar-refractivity contribution is -0.139. The second-order valence-corrected chi connectivity index (χ2v) is 4.51. The Morgan fingerprint density at radius 1 is 1.65 bits per heavy atom. The van der Waals surface area contributed by atoms with Crippen LogP contribution in [0.1, 0.15) is 36.9 Å². The second kappa shape index (κ2) is 5.65. The molecule has 0 spiro atoms. The van der Waals surface area contributed by atoms with Gasteiger partial charge in [-0.3, -0.25) is 9.89 Å². The number of H-pyrrole nitrogens is 1. The molecule has 1 atom stereocenters. The molecule has 3 N–H and O–H groups in total. The lowest BCUT2D eigenvalue weighted by Gasteiger charge is -2.23. The number of hydrogen-bond donors (Lipinski definition) is 2. The van der Waals surface area contributed by atoms with Crippen LogP contribution >= 0.6 is 0 Å². The van der Waals surface area contributed by atoms with Gasteiger partial charge in [0, 0.05) is 11.5 Å².